The van der Waals surface area contributed by atoms with E-state index in [0.29, 0.717) is 16.3 Å². The van der Waals surface area contributed by atoms with Crippen LogP contribution in [-0.4, -0.2) is 41.6 Å². The molecule has 0 aliphatic heterocycles. The van der Waals surface area contributed by atoms with Crippen LogP contribution in [0.2, 0.25) is 5.02 Å². The molecule has 0 bridgehead atoms. The van der Waals surface area contributed by atoms with Gasteiger partial charge in [-0.1, -0.05) is 24.4 Å². The van der Waals surface area contributed by atoms with E-state index in [1.54, 1.807) is 12.1 Å². The van der Waals surface area contributed by atoms with Crippen LogP contribution in [0.25, 0.3) is 0 Å². The average Bonchev–Trinajstić information content (AvgIpc) is 2.97. The Kier molecular flexibility index (Phi) is 5.07. The van der Waals surface area contributed by atoms with Crippen molar-refractivity contribution in [1.82, 2.24) is 4.90 Å². The predicted molar refractivity (Wildman–Crippen MR) is 78.9 cm³/mol. The molecule has 0 saturated heterocycles. The van der Waals surface area contributed by atoms with E-state index < -0.39 is 5.97 Å². The summed E-state index contributed by atoms with van der Waals surface area (Å²) in [6, 6.07) is 4.74. The molecule has 2 rings (SSSR count). The largest absolute Gasteiger partial charge is 0.496 e. The molecule has 6 heteroatoms. The van der Waals surface area contributed by atoms with Crippen LogP contribution >= 0.6 is 11.6 Å². The Labute approximate surface area is 128 Å². The third kappa shape index (κ3) is 3.67. The summed E-state index contributed by atoms with van der Waals surface area (Å²) in [5, 5.41) is 9.49. The van der Waals surface area contributed by atoms with E-state index in [1.165, 1.54) is 18.1 Å². The highest BCUT2D eigenvalue weighted by Gasteiger charge is 2.30. The lowest BCUT2D eigenvalue weighted by Crippen LogP contribution is -2.42. The number of halogens is 1. The van der Waals surface area contributed by atoms with Crippen molar-refractivity contribution < 1.29 is 19.4 Å². The number of hydrogen-bond acceptors (Lipinski definition) is 3. The summed E-state index contributed by atoms with van der Waals surface area (Å²) in [6.07, 6.45) is 3.70. The molecule has 1 aromatic carbocycles. The summed E-state index contributed by atoms with van der Waals surface area (Å²) in [7, 11) is 1.47. The molecule has 0 radical (unpaired) electrons. The van der Waals surface area contributed by atoms with Gasteiger partial charge in [0.05, 0.1) is 12.7 Å². The number of rotatable bonds is 5. The fraction of sp³-hybridized carbons (Fsp3) is 0.467. The van der Waals surface area contributed by atoms with Crippen molar-refractivity contribution >= 4 is 23.5 Å². The van der Waals surface area contributed by atoms with Gasteiger partial charge in [0.2, 0.25) is 0 Å². The molecule has 1 saturated carbocycles. The fourth-order valence-electron chi connectivity index (χ4n) is 2.73. The Morgan fingerprint density at radius 2 is 2.05 bits per heavy atom. The maximum Gasteiger partial charge on any atom is 0.323 e. The van der Waals surface area contributed by atoms with Crippen LogP contribution in [0.3, 0.4) is 0 Å². The first-order chi connectivity index (χ1) is 10.0. The molecule has 0 heterocycles. The first-order valence-electron chi connectivity index (χ1n) is 6.89. The predicted octanol–water partition coefficient (Wildman–Crippen LogP) is 2.82. The normalized spacial score (nSPS) is 15.0. The first kappa shape index (κ1) is 15.6. The molecular weight excluding hydrogens is 294 g/mol. The van der Waals surface area contributed by atoms with Crippen LogP contribution in [0.15, 0.2) is 18.2 Å². The number of hydrogen-bond donors (Lipinski definition) is 1. The molecule has 0 unspecified atom stereocenters. The van der Waals surface area contributed by atoms with E-state index >= 15 is 0 Å². The topological polar surface area (TPSA) is 66.8 Å². The molecule has 1 aliphatic rings. The van der Waals surface area contributed by atoms with Crippen molar-refractivity contribution in [3.8, 4) is 5.75 Å². The van der Waals surface area contributed by atoms with Crippen LogP contribution in [0, 0.1) is 0 Å². The zero-order valence-corrected chi connectivity index (χ0v) is 12.6. The van der Waals surface area contributed by atoms with Gasteiger partial charge in [0.1, 0.15) is 12.3 Å². The van der Waals surface area contributed by atoms with Crippen LogP contribution < -0.4 is 4.74 Å². The highest BCUT2D eigenvalue weighted by Crippen LogP contribution is 2.28. The van der Waals surface area contributed by atoms with Gasteiger partial charge >= 0.3 is 5.97 Å². The number of nitrogens with zero attached hydrogens (tertiary/aromatic N) is 1. The van der Waals surface area contributed by atoms with E-state index in [4.69, 9.17) is 21.4 Å². The SMILES string of the molecule is COc1ccc(Cl)cc1C(=O)N(CC(=O)O)C1CCCC1. The van der Waals surface area contributed by atoms with E-state index in [0.717, 1.165) is 25.7 Å². The fourth-order valence-corrected chi connectivity index (χ4v) is 2.90. The maximum atomic E-state index is 12.7. The number of aliphatic carboxylic acids is 1. The molecule has 1 N–H and O–H groups in total. The molecule has 1 aromatic rings. The molecule has 114 valence electrons. The number of carbonyl (C=O) groups excluding carboxylic acids is 1. The van der Waals surface area contributed by atoms with Crippen LogP contribution in [0.1, 0.15) is 36.0 Å². The zero-order valence-electron chi connectivity index (χ0n) is 11.8. The molecule has 1 aliphatic carbocycles. The number of benzene rings is 1. The van der Waals surface area contributed by atoms with Gasteiger partial charge in [0, 0.05) is 11.1 Å². The van der Waals surface area contributed by atoms with Gasteiger partial charge < -0.3 is 14.7 Å². The van der Waals surface area contributed by atoms with Gasteiger partial charge in [-0.2, -0.15) is 0 Å². The Balaban J connectivity index is 2.32. The molecule has 0 aromatic heterocycles. The number of methoxy groups -OCH3 is 1. The van der Waals surface area contributed by atoms with Gasteiger partial charge in [-0.15, -0.1) is 0 Å². The van der Waals surface area contributed by atoms with Crippen molar-refractivity contribution in [1.29, 1.82) is 0 Å². The van der Waals surface area contributed by atoms with Crippen molar-refractivity contribution in [2.75, 3.05) is 13.7 Å². The molecule has 1 amide bonds. The second-order valence-corrected chi connectivity index (χ2v) is 5.55. The van der Waals surface area contributed by atoms with E-state index in [-0.39, 0.29) is 18.5 Å². The molecule has 21 heavy (non-hydrogen) atoms. The summed E-state index contributed by atoms with van der Waals surface area (Å²) in [4.78, 5) is 25.2. The lowest BCUT2D eigenvalue weighted by atomic mass is 10.1. The Hall–Kier alpha value is -1.75. The smallest absolute Gasteiger partial charge is 0.323 e. The van der Waals surface area contributed by atoms with Crippen LogP contribution in [-0.2, 0) is 4.79 Å². The summed E-state index contributed by atoms with van der Waals surface area (Å²) in [5.74, 6) is -0.960. The van der Waals surface area contributed by atoms with Crippen LogP contribution in [0.5, 0.6) is 5.75 Å². The Morgan fingerprint density at radius 1 is 1.38 bits per heavy atom. The third-order valence-corrected chi connectivity index (χ3v) is 3.96. The molecule has 1 fully saturated rings. The summed E-state index contributed by atoms with van der Waals surface area (Å²) in [6.45, 7) is -0.306. The zero-order chi connectivity index (χ0) is 15.4. The second kappa shape index (κ2) is 6.80. The van der Waals surface area contributed by atoms with E-state index in [1.807, 2.05) is 0 Å². The van der Waals surface area contributed by atoms with Crippen molar-refractivity contribution in [3.63, 3.8) is 0 Å². The van der Waals surface area contributed by atoms with Gasteiger partial charge in [0.25, 0.3) is 5.91 Å². The van der Waals surface area contributed by atoms with E-state index in [9.17, 15) is 9.59 Å². The highest BCUT2D eigenvalue weighted by atomic mass is 35.5. The minimum atomic E-state index is -1.02. The highest BCUT2D eigenvalue weighted by molar-refractivity contribution is 6.31. The quantitative estimate of drug-likeness (QED) is 0.908. The number of amides is 1. The molecular formula is C15H18ClNO4. The van der Waals surface area contributed by atoms with Crippen LogP contribution in [0.4, 0.5) is 0 Å². The summed E-state index contributed by atoms with van der Waals surface area (Å²) < 4.78 is 5.19. The van der Waals surface area contributed by atoms with Crippen molar-refractivity contribution in [3.05, 3.63) is 28.8 Å². The lowest BCUT2D eigenvalue weighted by Gasteiger charge is -2.28. The van der Waals surface area contributed by atoms with Gasteiger partial charge in [-0.3, -0.25) is 9.59 Å². The van der Waals surface area contributed by atoms with Gasteiger partial charge in [0.15, 0.2) is 0 Å². The molecule has 0 spiro atoms. The Morgan fingerprint density at radius 3 is 2.62 bits per heavy atom. The number of carboxylic acid groups (broad SMARTS) is 1. The van der Waals surface area contributed by atoms with Gasteiger partial charge in [-0.25, -0.2) is 0 Å². The lowest BCUT2D eigenvalue weighted by molar-refractivity contribution is -0.138. The molecule has 0 atom stereocenters. The minimum absolute atomic E-state index is 0.0303. The summed E-state index contributed by atoms with van der Waals surface area (Å²) in [5.41, 5.74) is 0.304. The molecule has 5 nitrogen and oxygen atoms in total. The number of ether oxygens (including phenoxy) is 1. The number of carbonyl (C=O) groups is 2. The number of carboxylic acids is 1. The minimum Gasteiger partial charge on any atom is -0.496 e. The standard InChI is InChI=1S/C15H18ClNO4/c1-21-13-7-6-10(16)8-12(13)15(20)17(9-14(18)19)11-4-2-3-5-11/h6-8,11H,2-5,9H2,1H3,(H,18,19). The first-order valence-corrected chi connectivity index (χ1v) is 7.27. The van der Waals surface area contributed by atoms with E-state index in [2.05, 4.69) is 0 Å². The van der Waals surface area contributed by atoms with Crippen molar-refractivity contribution in [2.24, 2.45) is 0 Å². The maximum absolute atomic E-state index is 12.7. The Bertz CT molecular complexity index is 540. The third-order valence-electron chi connectivity index (χ3n) is 3.72. The second-order valence-electron chi connectivity index (χ2n) is 5.11. The summed E-state index contributed by atoms with van der Waals surface area (Å²) >= 11 is 5.95. The van der Waals surface area contributed by atoms with Gasteiger partial charge in [-0.05, 0) is 31.0 Å². The monoisotopic (exact) mass is 311 g/mol. The average molecular weight is 312 g/mol. The van der Waals surface area contributed by atoms with Crippen molar-refractivity contribution in [2.45, 2.75) is 31.7 Å².